The maximum Gasteiger partial charge on any atom is 0.573 e. The number of alkyl halides is 3. The van der Waals surface area contributed by atoms with Crippen LogP contribution in [0.5, 0.6) is 5.75 Å². The van der Waals surface area contributed by atoms with Gasteiger partial charge in [0, 0.05) is 24.7 Å². The van der Waals surface area contributed by atoms with Crippen molar-refractivity contribution in [2.24, 2.45) is 5.73 Å². The van der Waals surface area contributed by atoms with Crippen molar-refractivity contribution in [3.63, 3.8) is 0 Å². The quantitative estimate of drug-likeness (QED) is 0.932. The summed E-state index contributed by atoms with van der Waals surface area (Å²) in [6.07, 6.45) is -0.408. The number of hydrogen-bond acceptors (Lipinski definition) is 3. The molecule has 3 rings (SSSR count). The fourth-order valence-electron chi connectivity index (χ4n) is 3.63. The molecule has 0 amide bonds. The molecule has 0 radical (unpaired) electrons. The number of benzene rings is 1. The van der Waals surface area contributed by atoms with Crippen LogP contribution in [0.15, 0.2) is 24.3 Å². The van der Waals surface area contributed by atoms with Gasteiger partial charge in [-0.15, -0.1) is 13.2 Å². The van der Waals surface area contributed by atoms with Crippen LogP contribution < -0.4 is 10.5 Å². The van der Waals surface area contributed by atoms with Crippen LogP contribution in [0.4, 0.5) is 13.2 Å². The smallest absolute Gasteiger partial charge is 0.406 e. The molecule has 6 heteroatoms. The summed E-state index contributed by atoms with van der Waals surface area (Å²) in [4.78, 5) is 2.38. The van der Waals surface area contributed by atoms with Gasteiger partial charge in [-0.25, -0.2) is 0 Å². The zero-order chi connectivity index (χ0) is 15.0. The van der Waals surface area contributed by atoms with E-state index in [0.29, 0.717) is 18.6 Å². The Morgan fingerprint density at radius 2 is 1.86 bits per heavy atom. The van der Waals surface area contributed by atoms with Gasteiger partial charge in [-0.2, -0.15) is 0 Å². The molecule has 2 saturated heterocycles. The van der Waals surface area contributed by atoms with E-state index >= 15 is 0 Å². The molecule has 116 valence electrons. The Hall–Kier alpha value is -1.27. The van der Waals surface area contributed by atoms with Crippen LogP contribution in [0.25, 0.3) is 0 Å². The van der Waals surface area contributed by atoms with Crippen molar-refractivity contribution >= 4 is 0 Å². The molecule has 21 heavy (non-hydrogen) atoms. The van der Waals surface area contributed by atoms with E-state index in [1.807, 2.05) is 6.07 Å². The van der Waals surface area contributed by atoms with Crippen LogP contribution in [-0.4, -0.2) is 29.4 Å². The van der Waals surface area contributed by atoms with Gasteiger partial charge in [0.25, 0.3) is 0 Å². The largest absolute Gasteiger partial charge is 0.573 e. The maximum absolute atomic E-state index is 12.3. The van der Waals surface area contributed by atoms with Crippen molar-refractivity contribution in [1.29, 1.82) is 0 Å². The second kappa shape index (κ2) is 5.50. The summed E-state index contributed by atoms with van der Waals surface area (Å²) in [5.74, 6) is -0.152. The topological polar surface area (TPSA) is 38.5 Å². The lowest BCUT2D eigenvalue weighted by atomic mass is 9.97. The molecule has 2 bridgehead atoms. The van der Waals surface area contributed by atoms with Gasteiger partial charge < -0.3 is 10.5 Å². The molecule has 0 spiro atoms. The molecule has 2 aliphatic heterocycles. The Labute approximate surface area is 121 Å². The summed E-state index contributed by atoms with van der Waals surface area (Å²) in [6, 6.07) is 7.44. The number of hydrogen-bond donors (Lipinski definition) is 1. The van der Waals surface area contributed by atoms with Gasteiger partial charge >= 0.3 is 6.36 Å². The first-order valence-corrected chi connectivity index (χ1v) is 7.27. The van der Waals surface area contributed by atoms with E-state index in [1.165, 1.54) is 12.1 Å². The third kappa shape index (κ3) is 3.49. The molecule has 2 atom stereocenters. The van der Waals surface area contributed by atoms with Crippen molar-refractivity contribution < 1.29 is 17.9 Å². The van der Waals surface area contributed by atoms with Crippen molar-refractivity contribution in [1.82, 2.24) is 4.90 Å². The maximum atomic E-state index is 12.3. The molecule has 0 aromatic heterocycles. The minimum absolute atomic E-state index is 0.152. The average molecular weight is 300 g/mol. The number of nitrogens with two attached hydrogens (primary N) is 1. The highest BCUT2D eigenvalue weighted by molar-refractivity contribution is 5.29. The highest BCUT2D eigenvalue weighted by Crippen LogP contribution is 2.36. The molecular formula is C15H19F3N2O. The summed E-state index contributed by atoms with van der Waals surface area (Å²) < 4.78 is 40.8. The second-order valence-corrected chi connectivity index (χ2v) is 5.98. The predicted octanol–water partition coefficient (Wildman–Crippen LogP) is 3.04. The molecule has 3 nitrogen and oxygen atoms in total. The van der Waals surface area contributed by atoms with Gasteiger partial charge in [0.2, 0.25) is 0 Å². The van der Waals surface area contributed by atoms with Gasteiger partial charge in [0.15, 0.2) is 0 Å². The van der Waals surface area contributed by atoms with Crippen LogP contribution in [0.2, 0.25) is 0 Å². The van der Waals surface area contributed by atoms with Crippen molar-refractivity contribution in [3.05, 3.63) is 29.8 Å². The highest BCUT2D eigenvalue weighted by Gasteiger charge is 2.39. The van der Waals surface area contributed by atoms with Crippen molar-refractivity contribution in [3.8, 4) is 5.75 Å². The SMILES string of the molecule is NC1CC2CCC(C1)N2Cc1cccc(OC(F)(F)F)c1. The lowest BCUT2D eigenvalue weighted by Crippen LogP contribution is -2.46. The summed E-state index contributed by atoms with van der Waals surface area (Å²) in [6.45, 7) is 0.664. The summed E-state index contributed by atoms with van der Waals surface area (Å²) in [5.41, 5.74) is 6.88. The average Bonchev–Trinajstić information content (AvgIpc) is 2.61. The third-order valence-electron chi connectivity index (χ3n) is 4.42. The summed E-state index contributed by atoms with van der Waals surface area (Å²) in [5, 5.41) is 0. The second-order valence-electron chi connectivity index (χ2n) is 5.98. The van der Waals surface area contributed by atoms with E-state index in [9.17, 15) is 13.2 Å². The molecule has 0 saturated carbocycles. The van der Waals surface area contributed by atoms with Gasteiger partial charge in [-0.1, -0.05) is 12.1 Å². The van der Waals surface area contributed by atoms with Gasteiger partial charge in [-0.3, -0.25) is 4.90 Å². The van der Waals surface area contributed by atoms with Gasteiger partial charge in [0.05, 0.1) is 0 Å². The van der Waals surface area contributed by atoms with E-state index < -0.39 is 6.36 Å². The number of fused-ring (bicyclic) bond motifs is 2. The van der Waals surface area contributed by atoms with Crippen LogP contribution in [0, 0.1) is 0 Å². The third-order valence-corrected chi connectivity index (χ3v) is 4.42. The highest BCUT2D eigenvalue weighted by atomic mass is 19.4. The standard InChI is InChI=1S/C15H19F3N2O/c16-15(17,18)21-14-3-1-2-10(6-14)9-20-12-4-5-13(20)8-11(19)7-12/h1-3,6,11-13H,4-5,7-9,19H2. The zero-order valence-electron chi connectivity index (χ0n) is 11.6. The Morgan fingerprint density at radius 1 is 1.19 bits per heavy atom. The molecule has 2 unspecified atom stereocenters. The first-order chi connectivity index (χ1) is 9.90. The molecule has 2 heterocycles. The van der Waals surface area contributed by atoms with Crippen LogP contribution in [0.1, 0.15) is 31.2 Å². The Bertz CT molecular complexity index is 492. The van der Waals surface area contributed by atoms with E-state index in [1.54, 1.807) is 6.07 Å². The van der Waals surface area contributed by atoms with E-state index in [4.69, 9.17) is 5.73 Å². The Morgan fingerprint density at radius 3 is 2.48 bits per heavy atom. The van der Waals surface area contributed by atoms with Crippen LogP contribution in [0.3, 0.4) is 0 Å². The molecular weight excluding hydrogens is 281 g/mol. The molecule has 1 aromatic carbocycles. The predicted molar refractivity (Wildman–Crippen MR) is 72.7 cm³/mol. The Balaban J connectivity index is 1.70. The lowest BCUT2D eigenvalue weighted by Gasteiger charge is -2.37. The monoisotopic (exact) mass is 300 g/mol. The van der Waals surface area contributed by atoms with Crippen molar-refractivity contribution in [2.75, 3.05) is 0 Å². The molecule has 0 aliphatic carbocycles. The molecule has 2 fully saturated rings. The van der Waals surface area contributed by atoms with Gasteiger partial charge in [-0.05, 0) is 43.4 Å². The first-order valence-electron chi connectivity index (χ1n) is 7.27. The summed E-state index contributed by atoms with van der Waals surface area (Å²) in [7, 11) is 0. The fraction of sp³-hybridized carbons (Fsp3) is 0.600. The number of piperidine rings is 1. The van der Waals surface area contributed by atoms with Crippen molar-refractivity contribution in [2.45, 2.75) is 56.7 Å². The zero-order valence-corrected chi connectivity index (χ0v) is 11.6. The minimum atomic E-state index is -4.64. The van der Waals surface area contributed by atoms with Crippen LogP contribution in [-0.2, 0) is 6.54 Å². The molecule has 1 aromatic rings. The van der Waals surface area contributed by atoms with Gasteiger partial charge in [0.1, 0.15) is 5.75 Å². The normalized spacial score (nSPS) is 29.6. The van der Waals surface area contributed by atoms with E-state index in [2.05, 4.69) is 9.64 Å². The minimum Gasteiger partial charge on any atom is -0.406 e. The lowest BCUT2D eigenvalue weighted by molar-refractivity contribution is -0.274. The number of rotatable bonds is 3. The van der Waals surface area contributed by atoms with E-state index in [0.717, 1.165) is 31.2 Å². The summed E-state index contributed by atoms with van der Waals surface area (Å²) >= 11 is 0. The molecule has 2 N–H and O–H groups in total. The first kappa shape index (κ1) is 14.7. The van der Waals surface area contributed by atoms with Crippen LogP contribution >= 0.6 is 0 Å². The number of ether oxygens (including phenoxy) is 1. The fourth-order valence-corrected chi connectivity index (χ4v) is 3.63. The molecule has 2 aliphatic rings. The number of nitrogens with zero attached hydrogens (tertiary/aromatic N) is 1. The van der Waals surface area contributed by atoms with E-state index in [-0.39, 0.29) is 11.8 Å². The Kier molecular flexibility index (Phi) is 3.84. The number of halogens is 3.